The van der Waals surface area contributed by atoms with Gasteiger partial charge in [0.1, 0.15) is 29.7 Å². The standard InChI is InChI=1S/C18H20ClN7O/c1-20-5-6-27-14-8-12-7-13(3-4-15(12)25(2)10-14)23-17-9-16(19)24-18-21-11-22-26(17)18/h3-4,7-9,11,20,23H,5-6,10H2,1-2H3. The average Bonchev–Trinajstić information content (AvgIpc) is 3.10. The first-order chi connectivity index (χ1) is 13.1. The second kappa shape index (κ2) is 7.42. The van der Waals surface area contributed by atoms with Crippen molar-refractivity contribution in [3.63, 3.8) is 0 Å². The summed E-state index contributed by atoms with van der Waals surface area (Å²) in [4.78, 5) is 10.4. The van der Waals surface area contributed by atoms with E-state index >= 15 is 0 Å². The minimum atomic E-state index is 0.357. The third-order valence-corrected chi connectivity index (χ3v) is 4.47. The second-order valence-electron chi connectivity index (χ2n) is 6.25. The van der Waals surface area contributed by atoms with Crippen molar-refractivity contribution < 1.29 is 4.74 Å². The van der Waals surface area contributed by atoms with Gasteiger partial charge in [-0.05, 0) is 31.3 Å². The van der Waals surface area contributed by atoms with Crippen molar-refractivity contribution in [1.29, 1.82) is 0 Å². The molecule has 0 fully saturated rings. The number of hydrogen-bond acceptors (Lipinski definition) is 7. The molecule has 1 aliphatic heterocycles. The lowest BCUT2D eigenvalue weighted by Crippen LogP contribution is -2.26. The van der Waals surface area contributed by atoms with Crippen LogP contribution in [0.15, 0.2) is 36.4 Å². The number of nitrogens with one attached hydrogen (secondary N) is 2. The van der Waals surface area contributed by atoms with Gasteiger partial charge in [-0.25, -0.2) is 0 Å². The summed E-state index contributed by atoms with van der Waals surface area (Å²) in [5.41, 5.74) is 3.15. The number of halogens is 1. The fourth-order valence-electron chi connectivity index (χ4n) is 3.03. The summed E-state index contributed by atoms with van der Waals surface area (Å²) in [6.45, 7) is 2.21. The van der Waals surface area contributed by atoms with E-state index in [-0.39, 0.29) is 0 Å². The van der Waals surface area contributed by atoms with Crippen LogP contribution in [-0.4, -0.2) is 53.4 Å². The molecule has 0 aliphatic carbocycles. The predicted molar refractivity (Wildman–Crippen MR) is 107 cm³/mol. The summed E-state index contributed by atoms with van der Waals surface area (Å²) in [6.07, 6.45) is 3.53. The maximum atomic E-state index is 6.09. The van der Waals surface area contributed by atoms with Crippen LogP contribution >= 0.6 is 11.6 Å². The molecule has 0 saturated carbocycles. The molecule has 1 aromatic carbocycles. The Hall–Kier alpha value is -2.84. The zero-order valence-electron chi connectivity index (χ0n) is 15.1. The van der Waals surface area contributed by atoms with Crippen LogP contribution in [0.1, 0.15) is 5.56 Å². The zero-order valence-corrected chi connectivity index (χ0v) is 15.9. The van der Waals surface area contributed by atoms with E-state index in [1.54, 1.807) is 10.6 Å². The Kier molecular flexibility index (Phi) is 4.83. The highest BCUT2D eigenvalue weighted by molar-refractivity contribution is 6.29. The van der Waals surface area contributed by atoms with Gasteiger partial charge in [0.2, 0.25) is 0 Å². The van der Waals surface area contributed by atoms with Gasteiger partial charge in [-0.15, -0.1) is 0 Å². The van der Waals surface area contributed by atoms with Gasteiger partial charge in [0.25, 0.3) is 5.78 Å². The molecule has 8 nitrogen and oxygen atoms in total. The molecule has 0 bridgehead atoms. The van der Waals surface area contributed by atoms with Crippen molar-refractivity contribution in [2.75, 3.05) is 44.0 Å². The molecule has 0 atom stereocenters. The highest BCUT2D eigenvalue weighted by atomic mass is 35.5. The first-order valence-corrected chi connectivity index (χ1v) is 8.98. The van der Waals surface area contributed by atoms with E-state index in [9.17, 15) is 0 Å². The van der Waals surface area contributed by atoms with Crippen LogP contribution in [0.4, 0.5) is 17.2 Å². The molecular weight excluding hydrogens is 366 g/mol. The molecule has 0 radical (unpaired) electrons. The fourth-order valence-corrected chi connectivity index (χ4v) is 3.20. The number of rotatable bonds is 6. The Morgan fingerprint density at radius 3 is 3.04 bits per heavy atom. The SMILES string of the molecule is CNCCOC1=Cc2cc(Nc3cc(Cl)nc4ncnn34)ccc2N(C)C1. The van der Waals surface area contributed by atoms with Crippen molar-refractivity contribution in [1.82, 2.24) is 24.9 Å². The first kappa shape index (κ1) is 17.6. The van der Waals surface area contributed by atoms with E-state index in [1.807, 2.05) is 13.1 Å². The Morgan fingerprint density at radius 2 is 2.19 bits per heavy atom. The summed E-state index contributed by atoms with van der Waals surface area (Å²) >= 11 is 6.09. The summed E-state index contributed by atoms with van der Waals surface area (Å²) in [5.74, 6) is 2.09. The highest BCUT2D eigenvalue weighted by Gasteiger charge is 2.17. The van der Waals surface area contributed by atoms with Gasteiger partial charge in [0.15, 0.2) is 0 Å². The van der Waals surface area contributed by atoms with E-state index in [0.717, 1.165) is 35.8 Å². The largest absolute Gasteiger partial charge is 0.495 e. The lowest BCUT2D eigenvalue weighted by molar-refractivity contribution is 0.214. The third-order valence-electron chi connectivity index (χ3n) is 4.28. The number of likely N-dealkylation sites (N-methyl/N-ethyl adjacent to an activating group) is 2. The Labute approximate surface area is 161 Å². The first-order valence-electron chi connectivity index (χ1n) is 8.60. The minimum Gasteiger partial charge on any atom is -0.495 e. The maximum Gasteiger partial charge on any atom is 0.255 e. The van der Waals surface area contributed by atoms with Gasteiger partial charge < -0.3 is 20.3 Å². The van der Waals surface area contributed by atoms with Crippen molar-refractivity contribution >= 4 is 40.6 Å². The molecule has 9 heteroatoms. The number of hydrogen-bond donors (Lipinski definition) is 2. The van der Waals surface area contributed by atoms with Crippen LogP contribution in [0.5, 0.6) is 0 Å². The molecule has 27 heavy (non-hydrogen) atoms. The summed E-state index contributed by atoms with van der Waals surface area (Å²) in [5, 5.41) is 11.0. The topological polar surface area (TPSA) is 79.6 Å². The molecule has 3 aromatic rings. The van der Waals surface area contributed by atoms with Crippen molar-refractivity contribution in [3.8, 4) is 0 Å². The van der Waals surface area contributed by atoms with E-state index in [2.05, 4.69) is 55.9 Å². The monoisotopic (exact) mass is 385 g/mol. The molecule has 1 aliphatic rings. The molecule has 140 valence electrons. The zero-order chi connectivity index (χ0) is 18.8. The number of fused-ring (bicyclic) bond motifs is 2. The van der Waals surface area contributed by atoms with Gasteiger partial charge >= 0.3 is 0 Å². The number of ether oxygens (including phenoxy) is 1. The normalized spacial score (nSPS) is 13.4. The minimum absolute atomic E-state index is 0.357. The molecule has 3 heterocycles. The molecule has 0 spiro atoms. The van der Waals surface area contributed by atoms with Gasteiger partial charge in [-0.2, -0.15) is 19.6 Å². The lowest BCUT2D eigenvalue weighted by atomic mass is 10.1. The molecular formula is C18H20ClN7O. The third kappa shape index (κ3) is 3.67. The van der Waals surface area contributed by atoms with Crippen LogP contribution < -0.4 is 15.5 Å². The van der Waals surface area contributed by atoms with Gasteiger partial charge in [-0.1, -0.05) is 11.6 Å². The molecule has 4 rings (SSSR count). The summed E-state index contributed by atoms with van der Waals surface area (Å²) < 4.78 is 7.47. The van der Waals surface area contributed by atoms with Crippen LogP contribution in [0, 0.1) is 0 Å². The molecule has 2 N–H and O–H groups in total. The van der Waals surface area contributed by atoms with Crippen LogP contribution in [0.3, 0.4) is 0 Å². The summed E-state index contributed by atoms with van der Waals surface area (Å²) in [7, 11) is 3.97. The van der Waals surface area contributed by atoms with Gasteiger partial charge in [0.05, 0.1) is 6.54 Å². The van der Waals surface area contributed by atoms with E-state index in [1.165, 1.54) is 6.33 Å². The van der Waals surface area contributed by atoms with E-state index < -0.39 is 0 Å². The van der Waals surface area contributed by atoms with E-state index in [0.29, 0.717) is 23.4 Å². The van der Waals surface area contributed by atoms with Crippen molar-refractivity contribution in [3.05, 3.63) is 47.1 Å². The van der Waals surface area contributed by atoms with Crippen molar-refractivity contribution in [2.45, 2.75) is 0 Å². The van der Waals surface area contributed by atoms with Crippen molar-refractivity contribution in [2.24, 2.45) is 0 Å². The Bertz CT molecular complexity index is 1000. The van der Waals surface area contributed by atoms with Crippen LogP contribution in [0.2, 0.25) is 5.15 Å². The predicted octanol–water partition coefficient (Wildman–Crippen LogP) is 2.55. The summed E-state index contributed by atoms with van der Waals surface area (Å²) in [6, 6.07) is 7.90. The van der Waals surface area contributed by atoms with Gasteiger partial charge in [0, 0.05) is 36.6 Å². The number of aromatic nitrogens is 4. The van der Waals surface area contributed by atoms with E-state index in [4.69, 9.17) is 16.3 Å². The fraction of sp³-hybridized carbons (Fsp3) is 0.278. The molecule has 0 amide bonds. The highest BCUT2D eigenvalue weighted by Crippen LogP contribution is 2.31. The van der Waals surface area contributed by atoms with Gasteiger partial charge in [-0.3, -0.25) is 0 Å². The smallest absolute Gasteiger partial charge is 0.255 e. The molecule has 0 saturated heterocycles. The average molecular weight is 386 g/mol. The number of anilines is 3. The molecule has 0 unspecified atom stereocenters. The Balaban J connectivity index is 1.62. The van der Waals surface area contributed by atoms with Crippen LogP contribution in [0.25, 0.3) is 11.9 Å². The number of benzene rings is 1. The van der Waals surface area contributed by atoms with Crippen LogP contribution in [-0.2, 0) is 4.74 Å². The quantitative estimate of drug-likeness (QED) is 0.498. The lowest BCUT2D eigenvalue weighted by Gasteiger charge is -2.28. The molecule has 2 aromatic heterocycles. The number of nitrogens with zero attached hydrogens (tertiary/aromatic N) is 5. The second-order valence-corrected chi connectivity index (χ2v) is 6.64. The maximum absolute atomic E-state index is 6.09. The Morgan fingerprint density at radius 1 is 1.30 bits per heavy atom.